The van der Waals surface area contributed by atoms with Crippen molar-refractivity contribution in [3.63, 3.8) is 0 Å². The van der Waals surface area contributed by atoms with E-state index in [1.807, 2.05) is 6.08 Å². The van der Waals surface area contributed by atoms with Crippen LogP contribution < -0.4 is 5.32 Å². The molecule has 19 heteroatoms. The van der Waals surface area contributed by atoms with E-state index in [9.17, 15) is 61.0 Å². The lowest BCUT2D eigenvalue weighted by molar-refractivity contribution is -0.379. The van der Waals surface area contributed by atoms with Crippen LogP contribution in [0.5, 0.6) is 0 Å². The van der Waals surface area contributed by atoms with E-state index >= 15 is 0 Å². The third kappa shape index (κ3) is 33.8. The highest BCUT2D eigenvalue weighted by atomic mass is 16.8. The first-order valence-corrected chi connectivity index (χ1v) is 34.7. The molecule has 3 rings (SSSR count). The zero-order chi connectivity index (χ0) is 64.7. The minimum absolute atomic E-state index is 0.234. The Morgan fingerprint density at radius 3 is 1.26 bits per heavy atom. The Balaban J connectivity index is 1.38. The van der Waals surface area contributed by atoms with Gasteiger partial charge in [0.2, 0.25) is 5.91 Å². The van der Waals surface area contributed by atoms with Gasteiger partial charge in [-0.2, -0.15) is 0 Å². The number of hydrogen-bond acceptors (Lipinski definition) is 18. The standard InChI is InChI=1S/C70H123NO18/c1-3-5-7-9-11-13-15-17-18-19-20-21-22-23-24-25-26-27-28-29-30-31-32-33-34-36-38-40-42-44-46-48-58(76)71-53(54(75)47-45-43-41-39-37-35-16-14-12-10-8-6-4-2)52-84-68-64(82)61(79)66(56(50-73)86-68)89-70-65(83)62(80)67(57(51-74)87-70)88-69-63(81)60(78)59(77)55(49-72)85-69/h5,7,11,13,17-18,20-21,37,39,45,47,53-57,59-70,72-75,77-83H,3-4,6,8-10,12,14-16,19,22-36,38,40-44,46,48-52H2,1-2H3,(H,71,76)/b7-5-,13-11-,18-17-,21-20-,39-37+,47-45+. The Labute approximate surface area is 534 Å². The van der Waals surface area contributed by atoms with Crippen molar-refractivity contribution >= 4 is 5.91 Å². The highest BCUT2D eigenvalue weighted by Crippen LogP contribution is 2.33. The highest BCUT2D eigenvalue weighted by molar-refractivity contribution is 5.76. The van der Waals surface area contributed by atoms with Gasteiger partial charge in [0.15, 0.2) is 18.9 Å². The fraction of sp³-hybridized carbons (Fsp3) is 0.814. The van der Waals surface area contributed by atoms with Crippen molar-refractivity contribution in [3.05, 3.63) is 72.9 Å². The third-order valence-corrected chi connectivity index (χ3v) is 17.0. The van der Waals surface area contributed by atoms with Gasteiger partial charge in [0.05, 0.1) is 38.6 Å². The van der Waals surface area contributed by atoms with E-state index in [1.54, 1.807) is 6.08 Å². The molecule has 0 saturated carbocycles. The summed E-state index contributed by atoms with van der Waals surface area (Å²) in [5.74, 6) is -0.286. The van der Waals surface area contributed by atoms with E-state index in [-0.39, 0.29) is 18.9 Å². The zero-order valence-corrected chi connectivity index (χ0v) is 54.4. The lowest BCUT2D eigenvalue weighted by atomic mass is 9.96. The molecule has 89 heavy (non-hydrogen) atoms. The molecule has 0 spiro atoms. The molecular weight excluding hydrogens is 1140 g/mol. The van der Waals surface area contributed by atoms with Crippen LogP contribution in [-0.4, -0.2) is 193 Å². The average molecular weight is 1270 g/mol. The molecule has 19 nitrogen and oxygen atoms in total. The molecule has 0 aromatic rings. The van der Waals surface area contributed by atoms with Crippen molar-refractivity contribution < 1.29 is 89.4 Å². The van der Waals surface area contributed by atoms with Crippen molar-refractivity contribution in [1.29, 1.82) is 0 Å². The van der Waals surface area contributed by atoms with E-state index in [0.717, 1.165) is 64.2 Å². The van der Waals surface area contributed by atoms with Crippen molar-refractivity contribution in [2.45, 2.75) is 336 Å². The van der Waals surface area contributed by atoms with Crippen LogP contribution in [0.2, 0.25) is 0 Å². The predicted octanol–water partition coefficient (Wildman–Crippen LogP) is 8.94. The van der Waals surface area contributed by atoms with Gasteiger partial charge in [0, 0.05) is 6.42 Å². The van der Waals surface area contributed by atoms with Crippen LogP contribution in [0.15, 0.2) is 72.9 Å². The van der Waals surface area contributed by atoms with Crippen LogP contribution in [0.1, 0.15) is 232 Å². The van der Waals surface area contributed by atoms with Gasteiger partial charge in [-0.15, -0.1) is 0 Å². The Kier molecular flexibility index (Phi) is 46.7. The molecular formula is C70H123NO18. The smallest absolute Gasteiger partial charge is 0.220 e. The SMILES string of the molecule is CC/C=C\C/C=C\C/C=C\C/C=C\CCCCCCCCCCCCCCCCCCCCC(=O)NC(COC1OC(CO)C(OC2OC(CO)C(OC3OC(CO)C(O)C(O)C3O)C(O)C2O)C(O)C1O)C(O)/C=C/CC/C=C/CCCCCCCCC. The number of unbranched alkanes of at least 4 members (excludes halogenated alkanes) is 26. The van der Waals surface area contributed by atoms with Crippen LogP contribution in [0.25, 0.3) is 0 Å². The largest absolute Gasteiger partial charge is 0.394 e. The Morgan fingerprint density at radius 2 is 0.787 bits per heavy atom. The molecule has 17 atom stereocenters. The van der Waals surface area contributed by atoms with E-state index in [4.69, 9.17) is 28.4 Å². The zero-order valence-electron chi connectivity index (χ0n) is 54.4. The molecule has 0 aromatic carbocycles. The van der Waals surface area contributed by atoms with E-state index in [1.165, 1.54) is 135 Å². The second-order valence-electron chi connectivity index (χ2n) is 24.6. The van der Waals surface area contributed by atoms with Gasteiger partial charge >= 0.3 is 0 Å². The summed E-state index contributed by atoms with van der Waals surface area (Å²) >= 11 is 0. The number of aliphatic hydroxyl groups is 11. The van der Waals surface area contributed by atoms with E-state index in [0.29, 0.717) is 12.8 Å². The van der Waals surface area contributed by atoms with Gasteiger partial charge in [0.1, 0.15) is 73.2 Å². The maximum Gasteiger partial charge on any atom is 0.220 e. The topological polar surface area (TPSA) is 307 Å². The quantitative estimate of drug-likeness (QED) is 0.0200. The van der Waals surface area contributed by atoms with E-state index in [2.05, 4.69) is 79.9 Å². The van der Waals surface area contributed by atoms with Gasteiger partial charge in [-0.1, -0.05) is 228 Å². The Bertz CT molecular complexity index is 1900. The summed E-state index contributed by atoms with van der Waals surface area (Å²) in [5, 5.41) is 120. The molecule has 0 aromatic heterocycles. The summed E-state index contributed by atoms with van der Waals surface area (Å²) in [6.45, 7) is 1.58. The number of ether oxygens (including phenoxy) is 6. The summed E-state index contributed by atoms with van der Waals surface area (Å²) in [4.78, 5) is 13.4. The molecule has 3 aliphatic rings. The summed E-state index contributed by atoms with van der Waals surface area (Å²) in [6.07, 6.45) is 37.6. The summed E-state index contributed by atoms with van der Waals surface area (Å²) < 4.78 is 34.3. The fourth-order valence-electron chi connectivity index (χ4n) is 11.4. The molecule has 12 N–H and O–H groups in total. The van der Waals surface area contributed by atoms with Gasteiger partial charge in [0.25, 0.3) is 0 Å². The van der Waals surface area contributed by atoms with Crippen molar-refractivity contribution in [2.24, 2.45) is 0 Å². The van der Waals surface area contributed by atoms with Crippen LogP contribution in [0.3, 0.4) is 0 Å². The monoisotopic (exact) mass is 1270 g/mol. The normalized spacial score (nSPS) is 28.7. The number of carbonyl (C=O) groups excluding carboxylic acids is 1. The molecule has 3 aliphatic heterocycles. The predicted molar refractivity (Wildman–Crippen MR) is 346 cm³/mol. The number of carbonyl (C=O) groups is 1. The Hall–Kier alpha value is -2.77. The van der Waals surface area contributed by atoms with Gasteiger partial charge in [-0.25, -0.2) is 0 Å². The third-order valence-electron chi connectivity index (χ3n) is 17.0. The van der Waals surface area contributed by atoms with Crippen LogP contribution >= 0.6 is 0 Å². The van der Waals surface area contributed by atoms with Crippen molar-refractivity contribution in [3.8, 4) is 0 Å². The van der Waals surface area contributed by atoms with Crippen LogP contribution in [-0.2, 0) is 33.2 Å². The molecule has 3 fully saturated rings. The summed E-state index contributed by atoms with van der Waals surface area (Å²) in [7, 11) is 0. The van der Waals surface area contributed by atoms with Crippen molar-refractivity contribution in [2.75, 3.05) is 26.4 Å². The molecule has 1 amide bonds. The molecule has 0 radical (unpaired) electrons. The number of nitrogens with one attached hydrogen (secondary N) is 1. The van der Waals surface area contributed by atoms with E-state index < -0.39 is 124 Å². The molecule has 3 heterocycles. The minimum Gasteiger partial charge on any atom is -0.394 e. The molecule has 516 valence electrons. The maximum atomic E-state index is 13.4. The molecule has 0 aliphatic carbocycles. The number of hydrogen-bond donors (Lipinski definition) is 12. The van der Waals surface area contributed by atoms with Gasteiger partial charge < -0.3 is 89.9 Å². The molecule has 17 unspecified atom stereocenters. The number of amides is 1. The number of rotatable bonds is 52. The Morgan fingerprint density at radius 1 is 0.416 bits per heavy atom. The fourth-order valence-corrected chi connectivity index (χ4v) is 11.4. The van der Waals surface area contributed by atoms with Gasteiger partial charge in [-0.3, -0.25) is 4.79 Å². The second kappa shape index (κ2) is 51.6. The first-order chi connectivity index (χ1) is 43.3. The van der Waals surface area contributed by atoms with Crippen LogP contribution in [0.4, 0.5) is 0 Å². The minimum atomic E-state index is -1.98. The number of aliphatic hydroxyl groups excluding tert-OH is 11. The number of allylic oxidation sites excluding steroid dienone is 11. The molecule has 0 bridgehead atoms. The van der Waals surface area contributed by atoms with Gasteiger partial charge in [-0.05, 0) is 70.6 Å². The average Bonchev–Trinajstić information content (AvgIpc) is 1.92. The lowest BCUT2D eigenvalue weighted by Gasteiger charge is -2.48. The molecule has 3 saturated heterocycles. The van der Waals surface area contributed by atoms with Crippen LogP contribution in [0, 0.1) is 0 Å². The first kappa shape index (κ1) is 80.5. The first-order valence-electron chi connectivity index (χ1n) is 34.7. The maximum absolute atomic E-state index is 13.4. The second-order valence-corrected chi connectivity index (χ2v) is 24.6. The summed E-state index contributed by atoms with van der Waals surface area (Å²) in [6, 6.07) is -0.991. The lowest BCUT2D eigenvalue weighted by Crippen LogP contribution is -2.66. The van der Waals surface area contributed by atoms with Crippen molar-refractivity contribution in [1.82, 2.24) is 5.32 Å². The highest BCUT2D eigenvalue weighted by Gasteiger charge is 2.53. The summed E-state index contributed by atoms with van der Waals surface area (Å²) in [5.41, 5.74) is 0.